The molecule has 0 saturated heterocycles. The Bertz CT molecular complexity index is 1220. The van der Waals surface area contributed by atoms with Gasteiger partial charge in [0.05, 0.1) is 23.4 Å². The zero-order valence-electron chi connectivity index (χ0n) is 16.4. The van der Waals surface area contributed by atoms with Gasteiger partial charge in [0.15, 0.2) is 11.7 Å². The molecule has 0 aliphatic heterocycles. The first-order chi connectivity index (χ1) is 15.0. The summed E-state index contributed by atoms with van der Waals surface area (Å²) in [7, 11) is 1.59. The van der Waals surface area contributed by atoms with Gasteiger partial charge in [-0.25, -0.2) is 4.98 Å². The van der Waals surface area contributed by atoms with Crippen LogP contribution in [0.15, 0.2) is 60.9 Å². The maximum Gasteiger partial charge on any atom is 0.267 e. The molecule has 2 aromatic carbocycles. The minimum absolute atomic E-state index is 0.214. The molecule has 0 unspecified atom stereocenters. The fourth-order valence-corrected chi connectivity index (χ4v) is 4.40. The van der Waals surface area contributed by atoms with E-state index in [1.807, 2.05) is 30.3 Å². The van der Waals surface area contributed by atoms with Gasteiger partial charge in [0, 0.05) is 17.4 Å². The van der Waals surface area contributed by atoms with Gasteiger partial charge in [0.25, 0.3) is 5.91 Å². The molecule has 0 radical (unpaired) electrons. The van der Waals surface area contributed by atoms with Crippen LogP contribution in [0, 0.1) is 0 Å². The third-order valence-corrected chi connectivity index (χ3v) is 6.01. The number of hydrogen-bond donors (Lipinski definition) is 0. The largest absolute Gasteiger partial charge is 0.494 e. The van der Waals surface area contributed by atoms with Crippen LogP contribution in [0.5, 0.6) is 11.5 Å². The van der Waals surface area contributed by atoms with E-state index in [1.165, 1.54) is 11.3 Å². The Hall–Kier alpha value is -2.87. The van der Waals surface area contributed by atoms with Gasteiger partial charge in [-0.2, -0.15) is 0 Å². The predicted octanol–water partition coefficient (Wildman–Crippen LogP) is 5.62. The number of fused-ring (bicyclic) bond motifs is 1. The molecule has 9 heteroatoms. The number of methoxy groups -OCH3 is 1. The van der Waals surface area contributed by atoms with Crippen molar-refractivity contribution >= 4 is 55.8 Å². The van der Waals surface area contributed by atoms with E-state index in [1.54, 1.807) is 42.6 Å². The number of benzene rings is 2. The average molecular weight is 474 g/mol. The zero-order valence-corrected chi connectivity index (χ0v) is 18.7. The lowest BCUT2D eigenvalue weighted by molar-refractivity contribution is -0.120. The number of aromatic nitrogens is 2. The van der Waals surface area contributed by atoms with Gasteiger partial charge in [0.1, 0.15) is 17.0 Å². The number of pyridine rings is 1. The molecule has 0 atom stereocenters. The lowest BCUT2D eigenvalue weighted by Gasteiger charge is -2.20. The summed E-state index contributed by atoms with van der Waals surface area (Å²) in [6.07, 6.45) is 3.40. The maximum absolute atomic E-state index is 13.2. The molecule has 31 heavy (non-hydrogen) atoms. The molecule has 0 fully saturated rings. The highest BCUT2D eigenvalue weighted by atomic mass is 35.5. The van der Waals surface area contributed by atoms with Crippen molar-refractivity contribution in [3.8, 4) is 11.5 Å². The van der Waals surface area contributed by atoms with E-state index in [2.05, 4.69) is 9.97 Å². The van der Waals surface area contributed by atoms with Gasteiger partial charge in [-0.05, 0) is 42.0 Å². The molecule has 4 aromatic rings. The van der Waals surface area contributed by atoms with Crippen molar-refractivity contribution in [3.05, 3.63) is 76.5 Å². The molecule has 158 valence electrons. The number of halogens is 2. The molecular formula is C22H17Cl2N3O3S. The van der Waals surface area contributed by atoms with Crippen LogP contribution in [-0.2, 0) is 11.3 Å². The van der Waals surface area contributed by atoms with Crippen molar-refractivity contribution in [2.24, 2.45) is 0 Å². The first-order valence-corrected chi connectivity index (χ1v) is 10.8. The van der Waals surface area contributed by atoms with Gasteiger partial charge < -0.3 is 9.47 Å². The van der Waals surface area contributed by atoms with Crippen molar-refractivity contribution in [1.82, 2.24) is 9.97 Å². The minimum atomic E-state index is -0.270. The number of amides is 1. The van der Waals surface area contributed by atoms with Crippen LogP contribution in [-0.4, -0.2) is 29.6 Å². The highest BCUT2D eigenvalue weighted by molar-refractivity contribution is 7.22. The second-order valence-corrected chi connectivity index (χ2v) is 8.36. The van der Waals surface area contributed by atoms with Gasteiger partial charge in [-0.15, -0.1) is 0 Å². The van der Waals surface area contributed by atoms with E-state index >= 15 is 0 Å². The molecule has 0 N–H and O–H groups in total. The summed E-state index contributed by atoms with van der Waals surface area (Å²) < 4.78 is 12.0. The Kier molecular flexibility index (Phi) is 6.56. The number of nitrogens with zero attached hydrogens (tertiary/aromatic N) is 3. The highest BCUT2D eigenvalue weighted by Crippen LogP contribution is 2.35. The summed E-state index contributed by atoms with van der Waals surface area (Å²) in [5.74, 6) is 0.762. The molecular weight excluding hydrogens is 457 g/mol. The SMILES string of the molecule is COc1cccc2sc(N(Cc3cccnc3)C(=O)COc3ccc(Cl)cc3Cl)nc12. The molecule has 4 rings (SSSR count). The number of carbonyl (C=O) groups is 1. The normalized spacial score (nSPS) is 10.8. The van der Waals surface area contributed by atoms with Crippen molar-refractivity contribution in [2.45, 2.75) is 6.54 Å². The summed E-state index contributed by atoms with van der Waals surface area (Å²) in [5.41, 5.74) is 1.57. The Morgan fingerprint density at radius 3 is 2.74 bits per heavy atom. The molecule has 0 aliphatic rings. The minimum Gasteiger partial charge on any atom is -0.494 e. The Morgan fingerprint density at radius 1 is 1.13 bits per heavy atom. The second-order valence-electron chi connectivity index (χ2n) is 6.51. The predicted molar refractivity (Wildman–Crippen MR) is 124 cm³/mol. The number of thiazole rings is 1. The highest BCUT2D eigenvalue weighted by Gasteiger charge is 2.22. The van der Waals surface area contributed by atoms with Gasteiger partial charge in [0.2, 0.25) is 0 Å². The van der Waals surface area contributed by atoms with E-state index in [9.17, 15) is 4.79 Å². The second kappa shape index (κ2) is 9.51. The lowest BCUT2D eigenvalue weighted by atomic mass is 10.2. The summed E-state index contributed by atoms with van der Waals surface area (Å²) >= 11 is 13.5. The van der Waals surface area contributed by atoms with Crippen molar-refractivity contribution in [3.63, 3.8) is 0 Å². The average Bonchev–Trinajstić information content (AvgIpc) is 3.21. The number of rotatable bonds is 7. The van der Waals surface area contributed by atoms with E-state index in [0.29, 0.717) is 38.7 Å². The molecule has 1 amide bonds. The molecule has 6 nitrogen and oxygen atoms in total. The monoisotopic (exact) mass is 473 g/mol. The Labute approximate surface area is 193 Å². The van der Waals surface area contributed by atoms with Crippen LogP contribution in [0.25, 0.3) is 10.2 Å². The summed E-state index contributed by atoms with van der Waals surface area (Å²) in [6, 6.07) is 14.2. The van der Waals surface area contributed by atoms with Crippen LogP contribution in [0.4, 0.5) is 5.13 Å². The topological polar surface area (TPSA) is 64.5 Å². The van der Waals surface area contributed by atoms with Crippen LogP contribution in [0.3, 0.4) is 0 Å². The van der Waals surface area contributed by atoms with E-state index in [-0.39, 0.29) is 12.5 Å². The van der Waals surface area contributed by atoms with E-state index in [4.69, 9.17) is 32.7 Å². The zero-order chi connectivity index (χ0) is 21.8. The summed E-state index contributed by atoms with van der Waals surface area (Å²) in [5, 5.41) is 1.37. The van der Waals surface area contributed by atoms with Gasteiger partial charge >= 0.3 is 0 Å². The fraction of sp³-hybridized carbons (Fsp3) is 0.136. The third kappa shape index (κ3) is 4.90. The first-order valence-electron chi connectivity index (χ1n) is 9.26. The first kappa shape index (κ1) is 21.4. The molecule has 0 saturated carbocycles. The van der Waals surface area contributed by atoms with Gasteiger partial charge in [-0.3, -0.25) is 14.7 Å². The van der Waals surface area contributed by atoms with E-state index < -0.39 is 0 Å². The maximum atomic E-state index is 13.2. The molecule has 0 aliphatic carbocycles. The molecule has 2 heterocycles. The van der Waals surface area contributed by atoms with E-state index in [0.717, 1.165) is 10.3 Å². The molecule has 0 bridgehead atoms. The van der Waals surface area contributed by atoms with Crippen molar-refractivity contribution in [2.75, 3.05) is 18.6 Å². The van der Waals surface area contributed by atoms with Crippen molar-refractivity contribution in [1.29, 1.82) is 0 Å². The number of ether oxygens (including phenoxy) is 2. The number of carbonyl (C=O) groups excluding carboxylic acids is 1. The Morgan fingerprint density at radius 2 is 2.00 bits per heavy atom. The molecule has 2 aromatic heterocycles. The van der Waals surface area contributed by atoms with Crippen LogP contribution in [0.1, 0.15) is 5.56 Å². The smallest absolute Gasteiger partial charge is 0.267 e. The Balaban J connectivity index is 1.63. The van der Waals surface area contributed by atoms with Crippen LogP contribution >= 0.6 is 34.5 Å². The number of anilines is 1. The quantitative estimate of drug-likeness (QED) is 0.348. The summed E-state index contributed by atoms with van der Waals surface area (Å²) in [6.45, 7) is 0.0845. The standard InChI is InChI=1S/C22H17Cl2N3O3S/c1-29-18-5-2-6-19-21(18)26-22(31-19)27(12-14-4-3-9-25-11-14)20(28)13-30-17-8-7-15(23)10-16(17)24/h2-11H,12-13H2,1H3. The fourth-order valence-electron chi connectivity index (χ4n) is 2.94. The number of para-hydroxylation sites is 1. The van der Waals surface area contributed by atoms with Crippen LogP contribution in [0.2, 0.25) is 10.0 Å². The number of hydrogen-bond acceptors (Lipinski definition) is 6. The molecule has 0 spiro atoms. The van der Waals surface area contributed by atoms with Crippen molar-refractivity contribution < 1.29 is 14.3 Å². The van der Waals surface area contributed by atoms with Crippen LogP contribution < -0.4 is 14.4 Å². The third-order valence-electron chi connectivity index (χ3n) is 4.43. The van der Waals surface area contributed by atoms with Gasteiger partial charge in [-0.1, -0.05) is 46.7 Å². The lowest BCUT2D eigenvalue weighted by Crippen LogP contribution is -2.34. The summed E-state index contributed by atoms with van der Waals surface area (Å²) in [4.78, 5) is 23.6.